The number of aromatic nitrogens is 3. The highest BCUT2D eigenvalue weighted by molar-refractivity contribution is 5.92. The summed E-state index contributed by atoms with van der Waals surface area (Å²) in [7, 11) is 1.82. The molecule has 2 aromatic rings. The molecule has 2 aromatic heterocycles. The third kappa shape index (κ3) is 3.40. The topological polar surface area (TPSA) is 100 Å². The molecule has 1 fully saturated rings. The monoisotopic (exact) mass is 316 g/mol. The molecule has 3 N–H and O–H groups in total. The maximum atomic E-state index is 12.5. The summed E-state index contributed by atoms with van der Waals surface area (Å²) in [5, 5.41) is 25.9. The zero-order valence-corrected chi connectivity index (χ0v) is 12.9. The molecular formula is C16H20N4O3. The average Bonchev–Trinajstić information content (AvgIpc) is 2.96. The number of amides is 1. The Morgan fingerprint density at radius 1 is 1.52 bits per heavy atom. The number of nitrogens with zero attached hydrogens (tertiary/aromatic N) is 3. The first-order valence-electron chi connectivity index (χ1n) is 7.60. The molecule has 1 saturated carbocycles. The quantitative estimate of drug-likeness (QED) is 0.748. The molecule has 0 aliphatic heterocycles. The fraction of sp³-hybridized carbons (Fsp3) is 0.438. The lowest BCUT2D eigenvalue weighted by molar-refractivity contribution is 0.0234. The highest BCUT2D eigenvalue weighted by Crippen LogP contribution is 2.38. The van der Waals surface area contributed by atoms with Gasteiger partial charge in [-0.2, -0.15) is 5.10 Å². The molecule has 122 valence electrons. The van der Waals surface area contributed by atoms with Crippen LogP contribution in [0.3, 0.4) is 0 Å². The predicted molar refractivity (Wildman–Crippen MR) is 82.3 cm³/mol. The van der Waals surface area contributed by atoms with Gasteiger partial charge in [-0.1, -0.05) is 0 Å². The van der Waals surface area contributed by atoms with Gasteiger partial charge >= 0.3 is 0 Å². The van der Waals surface area contributed by atoms with E-state index in [1.807, 2.05) is 13.2 Å². The van der Waals surface area contributed by atoms with Crippen molar-refractivity contribution >= 4 is 5.91 Å². The van der Waals surface area contributed by atoms with E-state index >= 15 is 0 Å². The van der Waals surface area contributed by atoms with Gasteiger partial charge in [0.25, 0.3) is 5.91 Å². The minimum absolute atomic E-state index is 0.135. The Hall–Kier alpha value is -2.25. The van der Waals surface area contributed by atoms with Crippen molar-refractivity contribution in [2.45, 2.75) is 31.6 Å². The number of nitrogens with one attached hydrogen (secondary N) is 1. The maximum absolute atomic E-state index is 12.5. The number of carbonyl (C=O) groups is 1. The van der Waals surface area contributed by atoms with Crippen LogP contribution in [0.1, 0.15) is 40.5 Å². The lowest BCUT2D eigenvalue weighted by Gasteiger charge is -2.37. The summed E-state index contributed by atoms with van der Waals surface area (Å²) in [5.41, 5.74) is 1.82. The molecular weight excluding hydrogens is 296 g/mol. The van der Waals surface area contributed by atoms with Crippen LogP contribution in [0.2, 0.25) is 0 Å². The number of pyridine rings is 1. The van der Waals surface area contributed by atoms with Crippen LogP contribution in [0.5, 0.6) is 0 Å². The van der Waals surface area contributed by atoms with E-state index in [-0.39, 0.29) is 36.3 Å². The average molecular weight is 316 g/mol. The minimum Gasteiger partial charge on any atom is -0.393 e. The molecule has 1 aliphatic rings. The van der Waals surface area contributed by atoms with Crippen molar-refractivity contribution in [3.8, 4) is 0 Å². The van der Waals surface area contributed by atoms with Gasteiger partial charge in [-0.25, -0.2) is 0 Å². The summed E-state index contributed by atoms with van der Waals surface area (Å²) in [5.74, 6) is -0.116. The van der Waals surface area contributed by atoms with Crippen molar-refractivity contribution in [2.75, 3.05) is 0 Å². The largest absolute Gasteiger partial charge is 0.393 e. The molecule has 7 heteroatoms. The van der Waals surface area contributed by atoms with Gasteiger partial charge in [-0.05, 0) is 36.5 Å². The molecule has 0 bridgehead atoms. The molecule has 23 heavy (non-hydrogen) atoms. The lowest BCUT2D eigenvalue weighted by Crippen LogP contribution is -2.41. The van der Waals surface area contributed by atoms with Gasteiger partial charge in [0.15, 0.2) is 0 Å². The maximum Gasteiger partial charge on any atom is 0.270 e. The zero-order chi connectivity index (χ0) is 16.4. The summed E-state index contributed by atoms with van der Waals surface area (Å²) in [6.07, 6.45) is 6.12. The number of aliphatic hydroxyl groups is 2. The number of rotatable bonds is 5. The van der Waals surface area contributed by atoms with Crippen LogP contribution in [0.4, 0.5) is 0 Å². The Balaban J connectivity index is 1.78. The van der Waals surface area contributed by atoms with E-state index in [1.165, 1.54) is 6.20 Å². The van der Waals surface area contributed by atoms with E-state index in [9.17, 15) is 15.0 Å². The van der Waals surface area contributed by atoms with Crippen LogP contribution >= 0.6 is 0 Å². The second-order valence-corrected chi connectivity index (χ2v) is 5.99. The van der Waals surface area contributed by atoms with Crippen molar-refractivity contribution in [3.63, 3.8) is 0 Å². The van der Waals surface area contributed by atoms with Crippen molar-refractivity contribution < 1.29 is 15.0 Å². The summed E-state index contributed by atoms with van der Waals surface area (Å²) in [6, 6.07) is 3.03. The van der Waals surface area contributed by atoms with Crippen molar-refractivity contribution in [3.05, 3.63) is 47.5 Å². The first kappa shape index (κ1) is 15.6. The Labute approximate surface area is 134 Å². The zero-order valence-electron chi connectivity index (χ0n) is 12.9. The summed E-state index contributed by atoms with van der Waals surface area (Å²) < 4.78 is 1.69. The molecule has 0 radical (unpaired) electrons. The van der Waals surface area contributed by atoms with Crippen LogP contribution in [-0.4, -0.2) is 37.0 Å². The Morgan fingerprint density at radius 3 is 2.91 bits per heavy atom. The van der Waals surface area contributed by atoms with Crippen molar-refractivity contribution in [1.29, 1.82) is 0 Å². The van der Waals surface area contributed by atoms with Gasteiger partial charge in [-0.3, -0.25) is 14.5 Å². The number of aliphatic hydroxyl groups excluding tert-OH is 2. The SMILES string of the molecule is Cn1cc(C(NC(=O)c2cc(CO)ccn2)C2CC(O)C2)cn1. The van der Waals surface area contributed by atoms with Gasteiger partial charge in [0.1, 0.15) is 5.69 Å². The first-order chi connectivity index (χ1) is 11.1. The fourth-order valence-electron chi connectivity index (χ4n) is 2.89. The molecule has 1 amide bonds. The molecule has 3 rings (SSSR count). The Kier molecular flexibility index (Phi) is 4.40. The van der Waals surface area contributed by atoms with E-state index in [2.05, 4.69) is 15.4 Å². The molecule has 0 aromatic carbocycles. The second-order valence-electron chi connectivity index (χ2n) is 5.99. The van der Waals surface area contributed by atoms with Gasteiger partial charge in [0.05, 0.1) is 24.9 Å². The summed E-state index contributed by atoms with van der Waals surface area (Å²) in [6.45, 7) is -0.135. The van der Waals surface area contributed by atoms with Crippen LogP contribution in [0, 0.1) is 5.92 Å². The highest BCUT2D eigenvalue weighted by Gasteiger charge is 2.36. The van der Waals surface area contributed by atoms with Crippen LogP contribution in [0.25, 0.3) is 0 Å². The molecule has 2 heterocycles. The third-order valence-electron chi connectivity index (χ3n) is 4.23. The first-order valence-corrected chi connectivity index (χ1v) is 7.60. The fourth-order valence-corrected chi connectivity index (χ4v) is 2.89. The van der Waals surface area contributed by atoms with E-state index < -0.39 is 0 Å². The van der Waals surface area contributed by atoms with E-state index in [0.717, 1.165) is 5.56 Å². The predicted octanol–water partition coefficient (Wildman–Crippen LogP) is 0.549. The third-order valence-corrected chi connectivity index (χ3v) is 4.23. The van der Waals surface area contributed by atoms with E-state index in [1.54, 1.807) is 23.0 Å². The van der Waals surface area contributed by atoms with Crippen LogP contribution in [-0.2, 0) is 13.7 Å². The highest BCUT2D eigenvalue weighted by atomic mass is 16.3. The second kappa shape index (κ2) is 6.47. The van der Waals surface area contributed by atoms with Gasteiger partial charge < -0.3 is 15.5 Å². The number of carbonyl (C=O) groups excluding carboxylic acids is 1. The molecule has 1 atom stereocenters. The molecule has 7 nitrogen and oxygen atoms in total. The smallest absolute Gasteiger partial charge is 0.270 e. The van der Waals surface area contributed by atoms with Crippen molar-refractivity contribution in [1.82, 2.24) is 20.1 Å². The number of aryl methyl sites for hydroxylation is 1. The Bertz CT molecular complexity index is 694. The normalized spacial score (nSPS) is 21.5. The minimum atomic E-state index is -0.299. The van der Waals surface area contributed by atoms with E-state index in [0.29, 0.717) is 18.4 Å². The number of hydrogen-bond acceptors (Lipinski definition) is 5. The number of hydrogen-bond donors (Lipinski definition) is 3. The van der Waals surface area contributed by atoms with Gasteiger partial charge in [0, 0.05) is 25.0 Å². The Morgan fingerprint density at radius 2 is 2.30 bits per heavy atom. The molecule has 0 saturated heterocycles. The molecule has 1 aliphatic carbocycles. The van der Waals surface area contributed by atoms with E-state index in [4.69, 9.17) is 0 Å². The van der Waals surface area contributed by atoms with Crippen LogP contribution in [0.15, 0.2) is 30.7 Å². The summed E-state index contributed by atoms with van der Waals surface area (Å²) in [4.78, 5) is 16.5. The van der Waals surface area contributed by atoms with Gasteiger partial charge in [0.2, 0.25) is 0 Å². The van der Waals surface area contributed by atoms with Gasteiger partial charge in [-0.15, -0.1) is 0 Å². The van der Waals surface area contributed by atoms with Crippen LogP contribution < -0.4 is 5.32 Å². The summed E-state index contributed by atoms with van der Waals surface area (Å²) >= 11 is 0. The molecule has 1 unspecified atom stereocenters. The standard InChI is InChI=1S/C16H20N4O3/c1-20-8-12(7-18-20)15(11-5-13(22)6-11)19-16(23)14-4-10(9-21)2-3-17-14/h2-4,7-8,11,13,15,21-22H,5-6,9H2,1H3,(H,19,23). The van der Waals surface area contributed by atoms with Crippen molar-refractivity contribution in [2.24, 2.45) is 13.0 Å². The lowest BCUT2D eigenvalue weighted by atomic mass is 9.75. The molecule has 0 spiro atoms.